The van der Waals surface area contributed by atoms with Gasteiger partial charge in [0, 0.05) is 12.7 Å². The highest BCUT2D eigenvalue weighted by Gasteiger charge is 2.13. The molecule has 0 atom stereocenters. The topological polar surface area (TPSA) is 98.1 Å². The van der Waals surface area contributed by atoms with Gasteiger partial charge < -0.3 is 19.9 Å². The summed E-state index contributed by atoms with van der Waals surface area (Å²) in [7, 11) is 1.80. The van der Waals surface area contributed by atoms with Crippen molar-refractivity contribution in [3.63, 3.8) is 0 Å². The Hall–Kier alpha value is -3.33. The van der Waals surface area contributed by atoms with E-state index in [1.54, 1.807) is 11.6 Å². The minimum absolute atomic E-state index is 0.0796. The molecule has 33 heavy (non-hydrogen) atoms. The van der Waals surface area contributed by atoms with Crippen LogP contribution in [-0.4, -0.2) is 38.9 Å². The van der Waals surface area contributed by atoms with E-state index >= 15 is 0 Å². The molecule has 0 aliphatic rings. The zero-order chi connectivity index (χ0) is 24.0. The number of carbonyl (C=O) groups is 2. The lowest BCUT2D eigenvalue weighted by molar-refractivity contribution is -0.123. The van der Waals surface area contributed by atoms with Crippen molar-refractivity contribution < 1.29 is 14.3 Å². The molecule has 9 heteroatoms. The number of rotatable bonds is 9. The average molecular weight is 468 g/mol. The van der Waals surface area contributed by atoms with Gasteiger partial charge in [-0.25, -0.2) is 0 Å². The van der Waals surface area contributed by atoms with E-state index in [4.69, 9.17) is 4.74 Å². The lowest BCUT2D eigenvalue weighted by atomic mass is 10.1. The number of nitrogens with zero attached hydrogens (tertiary/aromatic N) is 3. The molecule has 0 radical (unpaired) electrons. The van der Waals surface area contributed by atoms with Gasteiger partial charge in [0.1, 0.15) is 5.75 Å². The first-order valence-corrected chi connectivity index (χ1v) is 11.6. The SMILES string of the molecule is Cc1ccc(NC(=O)CSc2nnc(CNC(=O)COc3c(C)cccc3C)n2C)cc1C. The third-order valence-electron chi connectivity index (χ3n) is 5.25. The number of anilines is 1. The molecule has 8 nitrogen and oxygen atoms in total. The van der Waals surface area contributed by atoms with Gasteiger partial charge in [0.05, 0.1) is 12.3 Å². The van der Waals surface area contributed by atoms with E-state index in [0.717, 1.165) is 28.1 Å². The van der Waals surface area contributed by atoms with Crippen molar-refractivity contribution >= 4 is 29.3 Å². The maximum absolute atomic E-state index is 12.3. The number of benzene rings is 2. The van der Waals surface area contributed by atoms with Crippen LogP contribution in [0.1, 0.15) is 28.1 Å². The first-order valence-electron chi connectivity index (χ1n) is 10.6. The molecule has 0 spiro atoms. The van der Waals surface area contributed by atoms with Crippen LogP contribution < -0.4 is 15.4 Å². The molecule has 1 aromatic heterocycles. The Kier molecular flexibility index (Phi) is 8.11. The molecule has 0 aliphatic heterocycles. The van der Waals surface area contributed by atoms with Gasteiger partial charge in [0.15, 0.2) is 17.6 Å². The average Bonchev–Trinajstić information content (AvgIpc) is 3.12. The summed E-state index contributed by atoms with van der Waals surface area (Å²) < 4.78 is 7.44. The van der Waals surface area contributed by atoms with Crippen LogP contribution in [0, 0.1) is 27.7 Å². The second-order valence-electron chi connectivity index (χ2n) is 7.88. The van der Waals surface area contributed by atoms with Crippen LogP contribution in [0.4, 0.5) is 5.69 Å². The number of aromatic nitrogens is 3. The van der Waals surface area contributed by atoms with Crippen molar-refractivity contribution in [2.45, 2.75) is 39.4 Å². The predicted octanol–water partition coefficient (Wildman–Crippen LogP) is 3.47. The van der Waals surface area contributed by atoms with E-state index < -0.39 is 0 Å². The van der Waals surface area contributed by atoms with Gasteiger partial charge in [0.2, 0.25) is 5.91 Å². The number of thioether (sulfide) groups is 1. The number of ether oxygens (including phenoxy) is 1. The predicted molar refractivity (Wildman–Crippen MR) is 130 cm³/mol. The lowest BCUT2D eigenvalue weighted by Gasteiger charge is -2.12. The molecule has 0 bridgehead atoms. The minimum atomic E-state index is -0.248. The minimum Gasteiger partial charge on any atom is -0.483 e. The van der Waals surface area contributed by atoms with Gasteiger partial charge in [-0.1, -0.05) is 36.0 Å². The number of hydrogen-bond donors (Lipinski definition) is 2. The Labute approximate surface area is 198 Å². The standard InChI is InChI=1S/C24H29N5O3S/c1-15-9-10-19(11-18(15)4)26-22(31)14-33-24-28-27-20(29(24)5)12-25-21(30)13-32-23-16(2)7-6-8-17(23)3/h6-11H,12-14H2,1-5H3,(H,25,30)(H,26,31). The third kappa shape index (κ3) is 6.58. The number of para-hydroxylation sites is 1. The molecule has 3 aromatic rings. The van der Waals surface area contributed by atoms with Crippen LogP contribution in [0.5, 0.6) is 5.75 Å². The van der Waals surface area contributed by atoms with Crippen LogP contribution in [0.3, 0.4) is 0 Å². The molecule has 0 aliphatic carbocycles. The molecule has 3 rings (SSSR count). The fourth-order valence-electron chi connectivity index (χ4n) is 3.16. The maximum atomic E-state index is 12.3. The first-order chi connectivity index (χ1) is 15.7. The fourth-order valence-corrected chi connectivity index (χ4v) is 3.89. The van der Waals surface area contributed by atoms with Crippen molar-refractivity contribution in [1.82, 2.24) is 20.1 Å². The Bertz CT molecular complexity index is 1140. The van der Waals surface area contributed by atoms with Crippen LogP contribution in [-0.2, 0) is 23.2 Å². The van der Waals surface area contributed by atoms with Crippen molar-refractivity contribution in [3.8, 4) is 5.75 Å². The highest BCUT2D eigenvalue weighted by molar-refractivity contribution is 7.99. The first kappa shape index (κ1) is 24.3. The molecular weight excluding hydrogens is 438 g/mol. The fraction of sp³-hybridized carbons (Fsp3) is 0.333. The van der Waals surface area contributed by atoms with Crippen molar-refractivity contribution in [2.24, 2.45) is 7.05 Å². The van der Waals surface area contributed by atoms with Crippen molar-refractivity contribution in [1.29, 1.82) is 0 Å². The highest BCUT2D eigenvalue weighted by atomic mass is 32.2. The summed E-state index contributed by atoms with van der Waals surface area (Å²) in [6.07, 6.45) is 0. The Morgan fingerprint density at radius 3 is 2.39 bits per heavy atom. The smallest absolute Gasteiger partial charge is 0.258 e. The second kappa shape index (κ2) is 11.0. The monoisotopic (exact) mass is 467 g/mol. The van der Waals surface area contributed by atoms with Crippen molar-refractivity contribution in [3.05, 3.63) is 64.5 Å². The molecule has 0 saturated heterocycles. The summed E-state index contributed by atoms with van der Waals surface area (Å²) in [4.78, 5) is 24.5. The summed E-state index contributed by atoms with van der Waals surface area (Å²) in [5.41, 5.74) is 5.05. The summed E-state index contributed by atoms with van der Waals surface area (Å²) in [5.74, 6) is 1.15. The van der Waals surface area contributed by atoms with Crippen molar-refractivity contribution in [2.75, 3.05) is 17.7 Å². The Balaban J connectivity index is 1.46. The number of aryl methyl sites for hydroxylation is 4. The van der Waals surface area contributed by atoms with Gasteiger partial charge in [0.25, 0.3) is 5.91 Å². The molecule has 174 valence electrons. The molecule has 0 fully saturated rings. The quantitative estimate of drug-likeness (QED) is 0.468. The molecule has 2 amide bonds. The van der Waals surface area contributed by atoms with Crippen LogP contribution in [0.25, 0.3) is 0 Å². The molecule has 2 N–H and O–H groups in total. The highest BCUT2D eigenvalue weighted by Crippen LogP contribution is 2.22. The Morgan fingerprint density at radius 1 is 0.970 bits per heavy atom. The number of nitrogens with one attached hydrogen (secondary N) is 2. The molecule has 1 heterocycles. The van der Waals surface area contributed by atoms with Crippen LogP contribution in [0.2, 0.25) is 0 Å². The third-order valence-corrected chi connectivity index (χ3v) is 6.27. The van der Waals surface area contributed by atoms with E-state index in [2.05, 4.69) is 20.8 Å². The second-order valence-corrected chi connectivity index (χ2v) is 8.82. The number of amides is 2. The Morgan fingerprint density at radius 2 is 1.70 bits per heavy atom. The van der Waals surface area contributed by atoms with Gasteiger partial charge in [-0.15, -0.1) is 10.2 Å². The zero-order valence-corrected chi connectivity index (χ0v) is 20.4. The number of hydrogen-bond acceptors (Lipinski definition) is 6. The van der Waals surface area contributed by atoms with Gasteiger partial charge in [-0.05, 0) is 62.1 Å². The van der Waals surface area contributed by atoms with E-state index in [1.807, 2.05) is 64.1 Å². The lowest BCUT2D eigenvalue weighted by Crippen LogP contribution is -2.29. The summed E-state index contributed by atoms with van der Waals surface area (Å²) in [6.45, 7) is 8.07. The van der Waals surface area contributed by atoms with Crippen LogP contribution in [0.15, 0.2) is 41.6 Å². The summed E-state index contributed by atoms with van der Waals surface area (Å²) >= 11 is 1.29. The van der Waals surface area contributed by atoms with E-state index in [0.29, 0.717) is 11.0 Å². The van der Waals surface area contributed by atoms with Gasteiger partial charge in [-0.3, -0.25) is 9.59 Å². The van der Waals surface area contributed by atoms with E-state index in [1.165, 1.54) is 17.3 Å². The normalized spacial score (nSPS) is 10.7. The maximum Gasteiger partial charge on any atom is 0.258 e. The van der Waals surface area contributed by atoms with Gasteiger partial charge >= 0.3 is 0 Å². The van der Waals surface area contributed by atoms with Gasteiger partial charge in [-0.2, -0.15) is 0 Å². The molecule has 0 saturated carbocycles. The largest absolute Gasteiger partial charge is 0.483 e. The molecular formula is C24H29N5O3S. The molecule has 2 aromatic carbocycles. The summed E-state index contributed by atoms with van der Waals surface area (Å²) in [5, 5.41) is 14.5. The van der Waals surface area contributed by atoms with Crippen LogP contribution >= 0.6 is 11.8 Å². The molecule has 0 unspecified atom stereocenters. The number of carbonyl (C=O) groups excluding carboxylic acids is 2. The zero-order valence-electron chi connectivity index (χ0n) is 19.6. The van der Waals surface area contributed by atoms with E-state index in [-0.39, 0.29) is 30.7 Å². The summed E-state index contributed by atoms with van der Waals surface area (Å²) in [6, 6.07) is 11.7. The van der Waals surface area contributed by atoms with E-state index in [9.17, 15) is 9.59 Å².